The van der Waals surface area contributed by atoms with Crippen molar-refractivity contribution in [2.75, 3.05) is 45.8 Å². The van der Waals surface area contributed by atoms with E-state index in [9.17, 15) is 9.59 Å². The molecule has 0 aliphatic carbocycles. The zero-order valence-electron chi connectivity index (χ0n) is 17.4. The van der Waals surface area contributed by atoms with E-state index >= 15 is 0 Å². The van der Waals surface area contributed by atoms with Gasteiger partial charge in [0.1, 0.15) is 0 Å². The van der Waals surface area contributed by atoms with Gasteiger partial charge in [-0.1, -0.05) is 15.9 Å². The molecule has 0 unspecified atom stereocenters. The van der Waals surface area contributed by atoms with E-state index < -0.39 is 0 Å². The molecule has 2 aromatic rings. The molecule has 30 heavy (non-hydrogen) atoms. The molecule has 1 aromatic heterocycles. The topological polar surface area (TPSA) is 61.7 Å². The fourth-order valence-corrected chi connectivity index (χ4v) is 4.44. The van der Waals surface area contributed by atoms with E-state index in [4.69, 9.17) is 0 Å². The Hall–Kier alpha value is -2.19. The molecule has 4 rings (SSSR count). The van der Waals surface area contributed by atoms with Crippen molar-refractivity contribution in [3.05, 3.63) is 46.2 Å². The maximum atomic E-state index is 13.1. The van der Waals surface area contributed by atoms with E-state index in [0.29, 0.717) is 25.2 Å². The number of rotatable bonds is 4. The molecule has 0 radical (unpaired) electrons. The van der Waals surface area contributed by atoms with Crippen LogP contribution in [0.3, 0.4) is 0 Å². The summed E-state index contributed by atoms with van der Waals surface area (Å²) in [6.45, 7) is 6.89. The Labute approximate surface area is 185 Å². The highest BCUT2D eigenvalue weighted by atomic mass is 79.9. The van der Waals surface area contributed by atoms with Crippen LogP contribution in [-0.2, 0) is 4.79 Å². The smallest absolute Gasteiger partial charge is 0.257 e. The summed E-state index contributed by atoms with van der Waals surface area (Å²) >= 11 is 3.44. The Bertz CT molecular complexity index is 897. The van der Waals surface area contributed by atoms with Crippen molar-refractivity contribution in [3.8, 4) is 5.69 Å². The number of halogens is 1. The number of amides is 2. The lowest BCUT2D eigenvalue weighted by Crippen LogP contribution is -2.52. The molecule has 0 bridgehead atoms. The van der Waals surface area contributed by atoms with Crippen LogP contribution in [0.25, 0.3) is 5.69 Å². The third-order valence-electron chi connectivity index (χ3n) is 6.04. The normalized spacial score (nSPS) is 17.9. The second-order valence-electron chi connectivity index (χ2n) is 8.04. The van der Waals surface area contributed by atoms with Gasteiger partial charge < -0.3 is 9.80 Å². The lowest BCUT2D eigenvalue weighted by Gasteiger charge is -2.36. The third-order valence-corrected chi connectivity index (χ3v) is 6.57. The largest absolute Gasteiger partial charge is 0.342 e. The van der Waals surface area contributed by atoms with Gasteiger partial charge in [-0.05, 0) is 50.5 Å². The van der Waals surface area contributed by atoms with Gasteiger partial charge in [-0.25, -0.2) is 4.68 Å². The summed E-state index contributed by atoms with van der Waals surface area (Å²) in [6, 6.07) is 7.86. The number of carbonyl (C=O) groups excluding carboxylic acids is 2. The molecule has 2 aliphatic rings. The van der Waals surface area contributed by atoms with Gasteiger partial charge in [-0.3, -0.25) is 14.5 Å². The molecule has 2 aliphatic heterocycles. The summed E-state index contributed by atoms with van der Waals surface area (Å²) in [5.41, 5.74) is 2.40. The van der Waals surface area contributed by atoms with E-state index in [1.54, 1.807) is 10.9 Å². The van der Waals surface area contributed by atoms with Gasteiger partial charge in [0.05, 0.1) is 29.7 Å². The molecule has 8 heteroatoms. The predicted octanol–water partition coefficient (Wildman–Crippen LogP) is 2.71. The Balaban J connectivity index is 1.34. The summed E-state index contributed by atoms with van der Waals surface area (Å²) in [6.07, 6.45) is 5.11. The van der Waals surface area contributed by atoms with Crippen molar-refractivity contribution in [3.63, 3.8) is 0 Å². The highest BCUT2D eigenvalue weighted by molar-refractivity contribution is 9.10. The second kappa shape index (κ2) is 9.31. The number of piperidine rings is 1. The van der Waals surface area contributed by atoms with E-state index in [0.717, 1.165) is 54.9 Å². The summed E-state index contributed by atoms with van der Waals surface area (Å²) in [5, 5.41) is 4.43. The molecule has 7 nitrogen and oxygen atoms in total. The van der Waals surface area contributed by atoms with Gasteiger partial charge in [0.2, 0.25) is 5.91 Å². The van der Waals surface area contributed by atoms with Crippen LogP contribution in [0.4, 0.5) is 0 Å². The van der Waals surface area contributed by atoms with Gasteiger partial charge in [-0.15, -0.1) is 0 Å². The minimum Gasteiger partial charge on any atom is -0.342 e. The first-order chi connectivity index (χ1) is 14.5. The van der Waals surface area contributed by atoms with Crippen LogP contribution in [0.15, 0.2) is 34.9 Å². The molecule has 0 saturated carbocycles. The number of likely N-dealkylation sites (tertiary alicyclic amines) is 1. The minimum atomic E-state index is 0.0119. The first-order valence-electron chi connectivity index (χ1n) is 10.6. The molecular formula is C22H28BrN5O2. The van der Waals surface area contributed by atoms with Crippen molar-refractivity contribution in [1.82, 2.24) is 24.5 Å². The molecule has 0 atom stereocenters. The molecular weight excluding hydrogens is 446 g/mol. The minimum absolute atomic E-state index is 0.0119. The fraction of sp³-hybridized carbons (Fsp3) is 0.500. The molecule has 2 saturated heterocycles. The monoisotopic (exact) mass is 473 g/mol. The van der Waals surface area contributed by atoms with Crippen LogP contribution in [-0.4, -0.2) is 82.1 Å². The number of nitrogens with zero attached hydrogens (tertiary/aromatic N) is 5. The van der Waals surface area contributed by atoms with Crippen LogP contribution < -0.4 is 0 Å². The van der Waals surface area contributed by atoms with Crippen LogP contribution in [0.1, 0.15) is 35.3 Å². The van der Waals surface area contributed by atoms with Gasteiger partial charge in [-0.2, -0.15) is 5.10 Å². The molecule has 0 N–H and O–H groups in total. The SMILES string of the molecule is Cc1c(C(=O)N2CCN(CC(=O)N3CCCCC3)CC2)cnn1-c1ccc(Br)cc1. The van der Waals surface area contributed by atoms with Crippen molar-refractivity contribution in [1.29, 1.82) is 0 Å². The van der Waals surface area contributed by atoms with Gasteiger partial charge in [0.25, 0.3) is 5.91 Å². The maximum absolute atomic E-state index is 13.1. The molecule has 1 aromatic carbocycles. The Kier molecular flexibility index (Phi) is 6.53. The summed E-state index contributed by atoms with van der Waals surface area (Å²) in [5.74, 6) is 0.235. The predicted molar refractivity (Wildman–Crippen MR) is 119 cm³/mol. The molecule has 160 valence electrons. The van der Waals surface area contributed by atoms with Crippen molar-refractivity contribution >= 4 is 27.7 Å². The lowest BCUT2D eigenvalue weighted by atomic mass is 10.1. The highest BCUT2D eigenvalue weighted by Crippen LogP contribution is 2.19. The van der Waals surface area contributed by atoms with E-state index in [2.05, 4.69) is 25.9 Å². The van der Waals surface area contributed by atoms with Crippen LogP contribution in [0, 0.1) is 6.92 Å². The average Bonchev–Trinajstić information content (AvgIpc) is 3.16. The number of piperazine rings is 1. The Morgan fingerprint density at radius 2 is 1.60 bits per heavy atom. The number of hydrogen-bond acceptors (Lipinski definition) is 4. The number of carbonyl (C=O) groups is 2. The maximum Gasteiger partial charge on any atom is 0.257 e. The van der Waals surface area contributed by atoms with Crippen LogP contribution in [0.2, 0.25) is 0 Å². The highest BCUT2D eigenvalue weighted by Gasteiger charge is 2.27. The number of aromatic nitrogens is 2. The molecule has 2 fully saturated rings. The standard InChI is InChI=1S/C22H28BrN5O2/c1-17-20(15-24-28(17)19-7-5-18(23)6-8-19)22(30)27-13-11-25(12-14-27)16-21(29)26-9-3-2-4-10-26/h5-8,15H,2-4,9-14,16H2,1H3. The van der Waals surface area contributed by atoms with E-state index in [1.165, 1.54) is 6.42 Å². The summed E-state index contributed by atoms with van der Waals surface area (Å²) < 4.78 is 2.80. The van der Waals surface area contributed by atoms with Crippen molar-refractivity contribution < 1.29 is 9.59 Å². The average molecular weight is 474 g/mol. The molecule has 3 heterocycles. The second-order valence-corrected chi connectivity index (χ2v) is 8.96. The lowest BCUT2D eigenvalue weighted by molar-refractivity contribution is -0.133. The summed E-state index contributed by atoms with van der Waals surface area (Å²) in [4.78, 5) is 31.6. The summed E-state index contributed by atoms with van der Waals surface area (Å²) in [7, 11) is 0. The first kappa shape index (κ1) is 21.1. The molecule has 0 spiro atoms. The van der Waals surface area contributed by atoms with Crippen molar-refractivity contribution in [2.24, 2.45) is 0 Å². The zero-order chi connectivity index (χ0) is 21.1. The van der Waals surface area contributed by atoms with Gasteiger partial charge in [0.15, 0.2) is 0 Å². The Morgan fingerprint density at radius 1 is 0.933 bits per heavy atom. The molecule has 2 amide bonds. The fourth-order valence-electron chi connectivity index (χ4n) is 4.18. The zero-order valence-corrected chi connectivity index (χ0v) is 19.0. The quantitative estimate of drug-likeness (QED) is 0.684. The van der Waals surface area contributed by atoms with E-state index in [1.807, 2.05) is 41.0 Å². The third kappa shape index (κ3) is 4.59. The number of hydrogen-bond donors (Lipinski definition) is 0. The van der Waals surface area contributed by atoms with Crippen LogP contribution >= 0.6 is 15.9 Å². The Morgan fingerprint density at radius 3 is 2.27 bits per heavy atom. The number of benzene rings is 1. The first-order valence-corrected chi connectivity index (χ1v) is 11.4. The van der Waals surface area contributed by atoms with Gasteiger partial charge in [0, 0.05) is 43.7 Å². The van der Waals surface area contributed by atoms with E-state index in [-0.39, 0.29) is 11.8 Å². The van der Waals surface area contributed by atoms with Crippen LogP contribution in [0.5, 0.6) is 0 Å². The van der Waals surface area contributed by atoms with Gasteiger partial charge >= 0.3 is 0 Å². The van der Waals surface area contributed by atoms with Crippen molar-refractivity contribution in [2.45, 2.75) is 26.2 Å².